The van der Waals surface area contributed by atoms with Crippen LogP contribution in [0.1, 0.15) is 22.3 Å². The van der Waals surface area contributed by atoms with Crippen LogP contribution in [0.5, 0.6) is 0 Å². The summed E-state index contributed by atoms with van der Waals surface area (Å²) in [4.78, 5) is 2.56. The number of rotatable bonds is 7. The summed E-state index contributed by atoms with van der Waals surface area (Å²) in [6.07, 6.45) is 0. The molecule has 2 aliphatic carbocycles. The lowest BCUT2D eigenvalue weighted by Crippen LogP contribution is -2.26. The summed E-state index contributed by atoms with van der Waals surface area (Å²) in [7, 11) is 0. The van der Waals surface area contributed by atoms with Gasteiger partial charge in [0.15, 0.2) is 0 Å². The summed E-state index contributed by atoms with van der Waals surface area (Å²) in [6.45, 7) is 0. The van der Waals surface area contributed by atoms with E-state index in [1.54, 1.807) is 0 Å². The Morgan fingerprint density at radius 2 is 0.725 bits per heavy atom. The van der Waals surface area contributed by atoms with E-state index in [2.05, 4.69) is 266 Å². The van der Waals surface area contributed by atoms with E-state index < -0.39 is 5.41 Å². The molecular weight excluding hydrogens is 851 g/mol. The third-order valence-corrected chi connectivity index (χ3v) is 16.0. The number of fused-ring (bicyclic) bond motifs is 13. The van der Waals surface area contributed by atoms with Gasteiger partial charge in [-0.25, -0.2) is 0 Å². The van der Waals surface area contributed by atoms with Crippen LogP contribution in [0.4, 0.5) is 17.1 Å². The monoisotopic (exact) mass is 893 g/mol. The maximum absolute atomic E-state index is 2.56. The van der Waals surface area contributed by atoms with Crippen molar-refractivity contribution in [2.75, 3.05) is 4.90 Å². The highest BCUT2D eigenvalue weighted by atomic mass is 32.1. The fourth-order valence-electron chi connectivity index (χ4n) is 11.9. The van der Waals surface area contributed by atoms with Crippen molar-refractivity contribution in [1.82, 2.24) is 0 Å². The number of hydrogen-bond donors (Lipinski definition) is 0. The van der Waals surface area contributed by atoms with E-state index in [9.17, 15) is 0 Å². The molecule has 0 saturated carbocycles. The van der Waals surface area contributed by atoms with Crippen LogP contribution in [0, 0.1) is 0 Å². The predicted molar refractivity (Wildman–Crippen MR) is 292 cm³/mol. The summed E-state index contributed by atoms with van der Waals surface area (Å²) < 4.78 is 2.63. The lowest BCUT2D eigenvalue weighted by atomic mass is 9.70. The molecule has 14 rings (SSSR count). The molecule has 0 aliphatic heterocycles. The molecule has 1 nitrogen and oxygen atoms in total. The zero-order chi connectivity index (χ0) is 45.5. The van der Waals surface area contributed by atoms with Crippen molar-refractivity contribution < 1.29 is 0 Å². The van der Waals surface area contributed by atoms with Gasteiger partial charge in [0, 0.05) is 37.0 Å². The standard InChI is InChI=1S/C67H43NS/c1-3-20-44(21-4-1)48-24-7-8-28-54(48)64-49(45-22-5-2-6-23-45)30-18-37-61(64)68(47-42-40-46(41-43-47)50-31-17-32-55-53-27-12-16-39-63(53)69-66(50)55)62-38-19-36-60-65(62)56-29-11-15-35-59(56)67(60)57-33-13-9-25-51(57)52-26-10-14-34-58(52)67/h1-43H. The summed E-state index contributed by atoms with van der Waals surface area (Å²) in [5.74, 6) is 0. The van der Waals surface area contributed by atoms with E-state index in [-0.39, 0.29) is 0 Å². The molecule has 1 aromatic heterocycles. The first-order chi connectivity index (χ1) is 34.3. The van der Waals surface area contributed by atoms with Crippen LogP contribution < -0.4 is 4.90 Å². The van der Waals surface area contributed by atoms with Gasteiger partial charge in [0.1, 0.15) is 0 Å². The van der Waals surface area contributed by atoms with Gasteiger partial charge >= 0.3 is 0 Å². The predicted octanol–water partition coefficient (Wildman–Crippen LogP) is 18.5. The largest absolute Gasteiger partial charge is 0.309 e. The van der Waals surface area contributed by atoms with Crippen molar-refractivity contribution in [2.45, 2.75) is 5.41 Å². The Balaban J connectivity index is 1.07. The van der Waals surface area contributed by atoms with E-state index in [0.29, 0.717) is 0 Å². The molecule has 0 unspecified atom stereocenters. The van der Waals surface area contributed by atoms with Crippen LogP contribution in [0.15, 0.2) is 261 Å². The number of nitrogens with zero attached hydrogens (tertiary/aromatic N) is 1. The highest BCUT2D eigenvalue weighted by Crippen LogP contribution is 2.65. The van der Waals surface area contributed by atoms with Crippen LogP contribution in [0.2, 0.25) is 0 Å². The zero-order valence-electron chi connectivity index (χ0n) is 37.7. The first-order valence-electron chi connectivity index (χ1n) is 23.8. The summed E-state index contributed by atoms with van der Waals surface area (Å²) in [5, 5.41) is 2.62. The quantitative estimate of drug-likeness (QED) is 0.154. The molecule has 2 heteroatoms. The fraction of sp³-hybridized carbons (Fsp3) is 0.0149. The maximum Gasteiger partial charge on any atom is 0.0726 e. The van der Waals surface area contributed by atoms with Crippen LogP contribution in [0.25, 0.3) is 86.9 Å². The molecule has 11 aromatic carbocycles. The van der Waals surface area contributed by atoms with Crippen LogP contribution in [-0.2, 0) is 5.41 Å². The maximum atomic E-state index is 2.56. The summed E-state index contributed by atoms with van der Waals surface area (Å²) in [6, 6.07) is 96.9. The van der Waals surface area contributed by atoms with E-state index in [1.807, 2.05) is 11.3 Å². The van der Waals surface area contributed by atoms with Gasteiger partial charge in [-0.1, -0.05) is 231 Å². The van der Waals surface area contributed by atoms with Crippen molar-refractivity contribution >= 4 is 48.6 Å². The van der Waals surface area contributed by atoms with E-state index in [0.717, 1.165) is 17.1 Å². The Hall–Kier alpha value is -8.56. The molecule has 1 spiro atoms. The number of benzene rings is 11. The Labute approximate surface area is 406 Å². The molecule has 322 valence electrons. The Morgan fingerprint density at radius 1 is 0.275 bits per heavy atom. The van der Waals surface area contributed by atoms with E-state index in [1.165, 1.54) is 109 Å². The molecule has 0 N–H and O–H groups in total. The first-order valence-corrected chi connectivity index (χ1v) is 24.7. The second kappa shape index (κ2) is 15.8. The third kappa shape index (κ3) is 5.89. The van der Waals surface area contributed by atoms with Crippen molar-refractivity contribution in [3.8, 4) is 66.8 Å². The Bertz CT molecular complexity index is 3910. The van der Waals surface area contributed by atoms with Crippen LogP contribution in [-0.4, -0.2) is 0 Å². The molecule has 0 atom stereocenters. The topological polar surface area (TPSA) is 3.24 Å². The minimum absolute atomic E-state index is 0.484. The second-order valence-electron chi connectivity index (χ2n) is 18.2. The van der Waals surface area contributed by atoms with E-state index >= 15 is 0 Å². The van der Waals surface area contributed by atoms with Crippen LogP contribution >= 0.6 is 11.3 Å². The van der Waals surface area contributed by atoms with Gasteiger partial charge in [0.25, 0.3) is 0 Å². The van der Waals surface area contributed by atoms with Gasteiger partial charge in [-0.05, 0) is 108 Å². The smallest absolute Gasteiger partial charge is 0.0726 e. The lowest BCUT2D eigenvalue weighted by molar-refractivity contribution is 0.794. The molecule has 0 bridgehead atoms. The summed E-state index contributed by atoms with van der Waals surface area (Å²) in [5.41, 5.74) is 22.8. The van der Waals surface area contributed by atoms with Crippen LogP contribution in [0.3, 0.4) is 0 Å². The van der Waals surface area contributed by atoms with Gasteiger partial charge in [-0.2, -0.15) is 0 Å². The number of hydrogen-bond acceptors (Lipinski definition) is 2. The molecule has 2 aliphatic rings. The van der Waals surface area contributed by atoms with Gasteiger partial charge < -0.3 is 4.90 Å². The van der Waals surface area contributed by atoms with Gasteiger partial charge in [-0.15, -0.1) is 11.3 Å². The molecule has 69 heavy (non-hydrogen) atoms. The molecule has 0 amide bonds. The second-order valence-corrected chi connectivity index (χ2v) is 19.3. The SMILES string of the molecule is c1ccc(-c2ccccc2-c2c(-c3ccccc3)cccc2N(c2ccc(-c3cccc4c3sc3ccccc34)cc2)c2cccc3c2-c2ccccc2C32c3ccccc3-c3ccccc32)cc1. The van der Waals surface area contributed by atoms with Gasteiger partial charge in [-0.3, -0.25) is 0 Å². The van der Waals surface area contributed by atoms with Crippen molar-refractivity contribution in [2.24, 2.45) is 0 Å². The molecular formula is C67H43NS. The minimum Gasteiger partial charge on any atom is -0.309 e. The molecule has 12 aromatic rings. The minimum atomic E-state index is -0.484. The van der Waals surface area contributed by atoms with Crippen molar-refractivity contribution in [3.63, 3.8) is 0 Å². The Morgan fingerprint density at radius 3 is 1.42 bits per heavy atom. The molecule has 0 fully saturated rings. The van der Waals surface area contributed by atoms with Gasteiger partial charge in [0.2, 0.25) is 0 Å². The zero-order valence-corrected chi connectivity index (χ0v) is 38.5. The van der Waals surface area contributed by atoms with Crippen molar-refractivity contribution in [3.05, 3.63) is 283 Å². The van der Waals surface area contributed by atoms with Gasteiger partial charge in [0.05, 0.1) is 16.8 Å². The average Bonchev–Trinajstić information content (AvgIpc) is 4.06. The van der Waals surface area contributed by atoms with Crippen molar-refractivity contribution in [1.29, 1.82) is 0 Å². The number of thiophene rings is 1. The molecule has 1 heterocycles. The van der Waals surface area contributed by atoms with E-state index in [4.69, 9.17) is 0 Å². The number of anilines is 3. The fourth-order valence-corrected chi connectivity index (χ4v) is 13.2. The highest BCUT2D eigenvalue weighted by molar-refractivity contribution is 7.26. The third-order valence-electron chi connectivity index (χ3n) is 14.7. The molecule has 0 radical (unpaired) electrons. The summed E-state index contributed by atoms with van der Waals surface area (Å²) >= 11 is 1.88. The first kappa shape index (κ1) is 39.6. The lowest BCUT2D eigenvalue weighted by Gasteiger charge is -2.33. The average molecular weight is 894 g/mol. The normalized spacial score (nSPS) is 12.8. The Kier molecular flexibility index (Phi) is 9.05. The molecule has 0 saturated heterocycles. The highest BCUT2D eigenvalue weighted by Gasteiger charge is 2.52.